The van der Waals surface area contributed by atoms with Crippen LogP contribution in [0.1, 0.15) is 158 Å². The van der Waals surface area contributed by atoms with Crippen LogP contribution < -0.4 is 42.9 Å². The third-order valence-electron chi connectivity index (χ3n) is 17.2. The number of amides is 1. The van der Waals surface area contributed by atoms with E-state index in [-0.39, 0.29) is 159 Å². The molecule has 15 aromatic rings. The summed E-state index contributed by atoms with van der Waals surface area (Å²) in [5.41, 5.74) is 16.5. The number of aromatic nitrogens is 13. The predicted molar refractivity (Wildman–Crippen MR) is 501 cm³/mol. The number of esters is 2. The van der Waals surface area contributed by atoms with Crippen LogP contribution in [0.15, 0.2) is 225 Å². The number of nitrogens with one attached hydrogen (secondary N) is 5. The minimum atomic E-state index is -1.16. The molecule has 0 spiro atoms. The fraction of sp³-hybridized carbons (Fsp3) is 0.211. The number of ether oxygens (including phenoxy) is 2. The van der Waals surface area contributed by atoms with Crippen molar-refractivity contribution < 1.29 is 48.5 Å². The molecule has 652 valence electrons. The van der Waals surface area contributed by atoms with Gasteiger partial charge < -0.3 is 62.6 Å². The highest BCUT2D eigenvalue weighted by molar-refractivity contribution is 6.34. The number of para-hydroxylation sites is 1. The molecule has 1 saturated carbocycles. The first kappa shape index (κ1) is 104. The van der Waals surface area contributed by atoms with E-state index in [1.807, 2.05) is 182 Å². The third-order valence-corrected chi connectivity index (χ3v) is 18.0. The molecule has 1 fully saturated rings. The second-order valence-electron chi connectivity index (χ2n) is 24.9. The maximum absolute atomic E-state index is 12.0. The van der Waals surface area contributed by atoms with E-state index in [9.17, 15) is 29.1 Å². The van der Waals surface area contributed by atoms with Gasteiger partial charge >= 0.3 is 29.9 Å². The Kier molecular flexibility index (Phi) is 41.8. The van der Waals surface area contributed by atoms with Crippen molar-refractivity contribution in [2.24, 2.45) is 11.5 Å². The van der Waals surface area contributed by atoms with Crippen molar-refractivity contribution >= 4 is 182 Å². The number of fused-ring (bicyclic) bond motifs is 5. The summed E-state index contributed by atoms with van der Waals surface area (Å²) in [4.78, 5) is 104. The van der Waals surface area contributed by atoms with E-state index in [2.05, 4.69) is 86.7 Å². The number of primary amides is 1. The summed E-state index contributed by atoms with van der Waals surface area (Å²) >= 11 is 22.6. The number of halogens is 4. The zero-order valence-corrected chi connectivity index (χ0v) is 63.9. The van der Waals surface area contributed by atoms with E-state index in [0.29, 0.717) is 34.3 Å². The number of nitrogens with zero attached hydrogens (tertiary/aromatic N) is 13. The predicted octanol–water partition coefficient (Wildman–Crippen LogP) is 22.4. The molecule has 6 aromatic heterocycles. The maximum Gasteiger partial charge on any atom is 0.347 e. The molecular weight excluding hydrogens is 1660 g/mol. The fourth-order valence-electron chi connectivity index (χ4n) is 11.6. The molecule has 0 radical (unpaired) electrons. The Morgan fingerprint density at radius 3 is 1.22 bits per heavy atom. The second kappa shape index (κ2) is 49.7. The molecule has 30 nitrogen and oxygen atoms in total. The van der Waals surface area contributed by atoms with E-state index >= 15 is 0 Å². The molecule has 0 bridgehead atoms. The number of rotatable bonds is 19. The van der Waals surface area contributed by atoms with Gasteiger partial charge in [-0.05, 0) is 170 Å². The van der Waals surface area contributed by atoms with Gasteiger partial charge in [0, 0.05) is 59.6 Å². The quantitative estimate of drug-likeness (QED) is 0.0206. The van der Waals surface area contributed by atoms with Gasteiger partial charge in [0.25, 0.3) is 5.91 Å². The second-order valence-corrected chi connectivity index (χ2v) is 26.3. The smallest absolute Gasteiger partial charge is 0.347 e. The largest absolute Gasteiger partial charge is 0.477 e. The van der Waals surface area contributed by atoms with Gasteiger partial charge in [-0.25, -0.2) is 49.1 Å². The average molecular weight is 1770 g/mol. The van der Waals surface area contributed by atoms with Crippen LogP contribution in [-0.4, -0.2) is 130 Å². The zero-order chi connectivity index (χ0) is 80.9. The highest BCUT2D eigenvalue weighted by Crippen LogP contribution is 2.31. The number of nitrogens with two attached hydrogens (primary N) is 2. The Morgan fingerprint density at radius 1 is 0.427 bits per heavy atom. The van der Waals surface area contributed by atoms with Crippen molar-refractivity contribution in [2.45, 2.75) is 118 Å². The van der Waals surface area contributed by atoms with Crippen LogP contribution in [-0.2, 0) is 9.47 Å². The SMILES string of the molecule is C.C.C.C.C.C.C.C.C.CCOC(=O)c1cnc(Cl)nc1Cl.CCOC(=O)c1cnc(Cl)nc1Nc1ccc2ccccc2c1.NC(=O)c1cnc(N[C@@H]2CCCC[C@@H]2N)nc1Nc1ccc2ccccc2c1.O=C(O)c1cnc(Cl)nc1Nc1ccc2ccccc2c1.O=C(O)c1cnc(On2nnc3ccccc32)nc1Nc1ccc2ccccc2c1. The van der Waals surface area contributed by atoms with E-state index < -0.39 is 29.8 Å². The molecule has 11 N–H and O–H groups in total. The third kappa shape index (κ3) is 27.6. The molecule has 124 heavy (non-hydrogen) atoms. The van der Waals surface area contributed by atoms with Crippen LogP contribution in [0.25, 0.3) is 54.1 Å². The highest BCUT2D eigenvalue weighted by atomic mass is 35.5. The first-order valence-corrected chi connectivity index (χ1v) is 36.9. The van der Waals surface area contributed by atoms with Gasteiger partial charge in [0.1, 0.15) is 61.5 Å². The maximum atomic E-state index is 12.0. The van der Waals surface area contributed by atoms with Crippen molar-refractivity contribution in [3.8, 4) is 6.01 Å². The summed E-state index contributed by atoms with van der Waals surface area (Å²) in [5.74, 6) is -2.49. The molecule has 1 aliphatic carbocycles. The summed E-state index contributed by atoms with van der Waals surface area (Å²) < 4.78 is 9.72. The monoisotopic (exact) mass is 1760 g/mol. The van der Waals surface area contributed by atoms with Gasteiger partial charge in [-0.3, -0.25) is 4.79 Å². The number of benzene rings is 9. The standard InChI is InChI=1S/C21H14N6O3.C21H24N6O.C17H14ClN3O2.C15H10ClN3O2.C7H6Cl2N2O2.9CH4/c28-20(29)16-12-22-21(30-27-18-8-4-3-7-17(18)25-26-27)24-19(16)23-15-10-9-13-5-1-2-6-14(13)11-15;22-17-7-3-4-8-18(17)26-21-24-12-16(19(23)28)20(27-21)25-15-10-9-13-5-1-2-6-14(13)11-15;1-2-23-16(22)14-10-19-17(18)21-15(14)20-13-8-7-11-5-3-4-6-12(11)9-13;16-15-17-8-12(14(20)21)13(19-15)18-11-6-5-9-3-1-2-4-10(9)7-11;1-2-13-6(12)4-3-10-7(9)11-5(4)8;;;;;;;;;/h1-12H,(H,28,29)(H,22,23,24);1-2,5-6,9-12,17-18H,3-4,7-8,22H2,(H2,23,28)(H2,24,25,26,27);3-10H,2H2,1H3,(H,19,20,21);1-8H,(H,20,21)(H,17,18,19);3H,2H2,1H3;9*1H4/t;17-,18+;;;;;;;;;;;;/m.0............/s1. The molecule has 1 amide bonds. The number of hydrogen-bond donors (Lipinski definition) is 9. The van der Waals surface area contributed by atoms with Crippen LogP contribution in [0.2, 0.25) is 21.0 Å². The number of carboxylic acid groups (broad SMARTS) is 2. The minimum absolute atomic E-state index is 0. The van der Waals surface area contributed by atoms with E-state index in [1.54, 1.807) is 26.0 Å². The summed E-state index contributed by atoms with van der Waals surface area (Å²) in [5, 5.41) is 50.9. The fourth-order valence-corrected chi connectivity index (χ4v) is 12.3. The van der Waals surface area contributed by atoms with Gasteiger partial charge in [-0.2, -0.15) is 19.9 Å². The lowest BCUT2D eigenvalue weighted by molar-refractivity contribution is 0.0516. The van der Waals surface area contributed by atoms with Crippen molar-refractivity contribution in [2.75, 3.05) is 39.8 Å². The number of anilines is 9. The summed E-state index contributed by atoms with van der Waals surface area (Å²) in [6.07, 6.45) is 10.7. The Morgan fingerprint density at radius 2 is 0.790 bits per heavy atom. The Balaban J connectivity index is 0.000000401. The molecule has 2 atom stereocenters. The molecule has 0 aliphatic heterocycles. The van der Waals surface area contributed by atoms with E-state index in [1.165, 1.54) is 35.8 Å². The van der Waals surface area contributed by atoms with Gasteiger partial charge in [-0.1, -0.05) is 230 Å². The summed E-state index contributed by atoms with van der Waals surface area (Å²) in [7, 11) is 0. The highest BCUT2D eigenvalue weighted by Gasteiger charge is 2.25. The molecule has 9 aromatic carbocycles. The molecule has 34 heteroatoms. The normalized spacial score (nSPS) is 11.8. The molecule has 0 unspecified atom stereocenters. The van der Waals surface area contributed by atoms with Gasteiger partial charge in [-0.15, -0.1) is 5.10 Å². The van der Waals surface area contributed by atoms with Gasteiger partial charge in [0.05, 0.1) is 19.4 Å². The number of hydrogen-bond acceptors (Lipinski definition) is 26. The van der Waals surface area contributed by atoms with Crippen molar-refractivity contribution in [3.05, 3.63) is 274 Å². The Bertz CT molecular complexity index is 6080. The van der Waals surface area contributed by atoms with Crippen molar-refractivity contribution in [3.63, 3.8) is 0 Å². The first-order valence-electron chi connectivity index (χ1n) is 35.3. The summed E-state index contributed by atoms with van der Waals surface area (Å²) in [6, 6.07) is 62.5. The van der Waals surface area contributed by atoms with Gasteiger partial charge in [0.2, 0.25) is 21.8 Å². The molecule has 6 heterocycles. The average Bonchev–Trinajstić information content (AvgIpc) is 1.05. The number of carbonyl (C=O) groups excluding carboxylic acids is 3. The van der Waals surface area contributed by atoms with Crippen LogP contribution in [0, 0.1) is 0 Å². The molecule has 16 rings (SSSR count). The summed E-state index contributed by atoms with van der Waals surface area (Å²) in [6.45, 7) is 3.99. The molecular formula is C90H104Cl4N20O10. The van der Waals surface area contributed by atoms with Crippen LogP contribution in [0.5, 0.6) is 6.01 Å². The number of carboxylic acids is 2. The number of carbonyl (C=O) groups is 5. The van der Waals surface area contributed by atoms with Gasteiger partial charge in [0.15, 0.2) is 5.82 Å². The van der Waals surface area contributed by atoms with Crippen molar-refractivity contribution in [1.29, 1.82) is 0 Å². The van der Waals surface area contributed by atoms with Crippen LogP contribution in [0.3, 0.4) is 0 Å². The van der Waals surface area contributed by atoms with Crippen LogP contribution in [0.4, 0.5) is 52.0 Å². The van der Waals surface area contributed by atoms with E-state index in [4.69, 9.17) is 77.3 Å². The Hall–Kier alpha value is -13.9. The lowest BCUT2D eigenvalue weighted by atomic mass is 9.91. The molecule has 0 saturated heterocycles. The van der Waals surface area contributed by atoms with Crippen molar-refractivity contribution in [1.82, 2.24) is 65.0 Å². The minimum Gasteiger partial charge on any atom is -0.477 e. The number of aromatic carboxylic acids is 2. The lowest BCUT2D eigenvalue weighted by Crippen LogP contribution is -2.43. The topological polar surface area (TPSA) is 425 Å². The zero-order valence-electron chi connectivity index (χ0n) is 60.9. The molecule has 1 aliphatic rings. The Labute approximate surface area is 741 Å². The first-order chi connectivity index (χ1) is 55.7. The van der Waals surface area contributed by atoms with E-state index in [0.717, 1.165) is 85.8 Å². The lowest BCUT2D eigenvalue weighted by Gasteiger charge is -2.29. The van der Waals surface area contributed by atoms with Crippen LogP contribution >= 0.6 is 46.4 Å².